The molecule has 0 saturated carbocycles. The first-order valence-electron chi connectivity index (χ1n) is 9.07. The van der Waals surface area contributed by atoms with Crippen LogP contribution >= 0.6 is 0 Å². The first-order valence-corrected chi connectivity index (χ1v) is 10.5. The Balaban J connectivity index is 1.44. The third-order valence-corrected chi connectivity index (χ3v) is 6.81. The van der Waals surface area contributed by atoms with E-state index in [0.717, 1.165) is 10.8 Å². The maximum Gasteiger partial charge on any atom is 0.269 e. The summed E-state index contributed by atoms with van der Waals surface area (Å²) in [6.07, 6.45) is 2.52. The van der Waals surface area contributed by atoms with Crippen molar-refractivity contribution in [3.05, 3.63) is 64.8 Å². The Morgan fingerprint density at radius 1 is 1.07 bits per heavy atom. The lowest BCUT2D eigenvalue weighted by molar-refractivity contribution is -0.384. The molecule has 1 aliphatic rings. The number of hydrogen-bond donors (Lipinski definition) is 0. The fourth-order valence-electron chi connectivity index (χ4n) is 3.33. The van der Waals surface area contributed by atoms with Crippen LogP contribution in [0.25, 0.3) is 10.8 Å². The Morgan fingerprint density at radius 2 is 1.76 bits per heavy atom. The fraction of sp³-hybridized carbons (Fsp3) is 0.263. The van der Waals surface area contributed by atoms with Crippen LogP contribution in [0.1, 0.15) is 12.8 Å². The van der Waals surface area contributed by atoms with Crippen molar-refractivity contribution in [1.82, 2.24) is 14.5 Å². The molecule has 0 unspecified atom stereocenters. The van der Waals surface area contributed by atoms with Gasteiger partial charge >= 0.3 is 0 Å². The summed E-state index contributed by atoms with van der Waals surface area (Å²) >= 11 is 0. The van der Waals surface area contributed by atoms with Gasteiger partial charge in [-0.15, -0.1) is 5.10 Å². The Bertz CT molecular complexity index is 1140. The van der Waals surface area contributed by atoms with Gasteiger partial charge in [0, 0.05) is 36.0 Å². The average Bonchev–Trinajstić information content (AvgIpc) is 2.74. The third kappa shape index (κ3) is 3.89. The van der Waals surface area contributed by atoms with E-state index in [1.807, 2.05) is 24.3 Å². The van der Waals surface area contributed by atoms with Crippen LogP contribution in [0.15, 0.2) is 59.6 Å². The molecule has 10 heteroatoms. The van der Waals surface area contributed by atoms with Crippen LogP contribution in [0.4, 0.5) is 5.69 Å². The monoisotopic (exact) mass is 414 g/mol. The second-order valence-electron chi connectivity index (χ2n) is 6.71. The second-order valence-corrected chi connectivity index (χ2v) is 8.65. The van der Waals surface area contributed by atoms with Crippen molar-refractivity contribution in [2.24, 2.45) is 0 Å². The van der Waals surface area contributed by atoms with Gasteiger partial charge in [0.2, 0.25) is 15.9 Å². The molecule has 1 aromatic heterocycles. The molecule has 1 aliphatic heterocycles. The maximum atomic E-state index is 12.8. The Kier molecular flexibility index (Phi) is 5.12. The molecule has 0 amide bonds. The first-order chi connectivity index (χ1) is 13.9. The van der Waals surface area contributed by atoms with Gasteiger partial charge in [0.1, 0.15) is 6.10 Å². The molecular formula is C19H18N4O5S. The highest BCUT2D eigenvalue weighted by Crippen LogP contribution is 2.27. The van der Waals surface area contributed by atoms with Gasteiger partial charge in [0.15, 0.2) is 0 Å². The number of benzene rings is 2. The van der Waals surface area contributed by atoms with Crippen LogP contribution in [0.5, 0.6) is 5.88 Å². The lowest BCUT2D eigenvalue weighted by atomic mass is 10.1. The number of ether oxygens (including phenoxy) is 1. The number of nitro benzene ring substituents is 1. The number of non-ortho nitro benzene ring substituents is 1. The molecule has 0 atom stereocenters. The van der Waals surface area contributed by atoms with E-state index in [-0.39, 0.29) is 16.7 Å². The van der Waals surface area contributed by atoms with Gasteiger partial charge in [-0.3, -0.25) is 10.1 Å². The van der Waals surface area contributed by atoms with Crippen LogP contribution < -0.4 is 4.74 Å². The van der Waals surface area contributed by atoms with Crippen molar-refractivity contribution < 1.29 is 18.1 Å². The molecule has 2 aromatic carbocycles. The van der Waals surface area contributed by atoms with E-state index in [2.05, 4.69) is 10.2 Å². The van der Waals surface area contributed by atoms with Gasteiger partial charge < -0.3 is 4.74 Å². The zero-order chi connectivity index (χ0) is 20.4. The van der Waals surface area contributed by atoms with Gasteiger partial charge in [-0.05, 0) is 31.0 Å². The summed E-state index contributed by atoms with van der Waals surface area (Å²) in [5.41, 5.74) is -0.146. The molecule has 0 spiro atoms. The predicted octanol–water partition coefficient (Wildman–Crippen LogP) is 2.77. The number of sulfonamides is 1. The van der Waals surface area contributed by atoms with E-state index in [9.17, 15) is 18.5 Å². The number of piperidine rings is 1. The van der Waals surface area contributed by atoms with Crippen LogP contribution in [-0.2, 0) is 10.0 Å². The maximum absolute atomic E-state index is 12.8. The molecule has 0 bridgehead atoms. The standard InChI is InChI=1S/C19H18N4O5S/c24-23(25)15-5-7-17(8-6-15)29(26,27)22-11-9-16(10-12-22)28-19-18-4-2-1-3-14(18)13-20-21-19/h1-8,13,16H,9-12H2. The van der Waals surface area contributed by atoms with Crippen molar-refractivity contribution in [3.8, 4) is 5.88 Å². The lowest BCUT2D eigenvalue weighted by Gasteiger charge is -2.31. The molecule has 0 N–H and O–H groups in total. The highest BCUT2D eigenvalue weighted by molar-refractivity contribution is 7.89. The van der Waals surface area contributed by atoms with Crippen LogP contribution in [0.3, 0.4) is 0 Å². The summed E-state index contributed by atoms with van der Waals surface area (Å²) in [5.74, 6) is 0.444. The SMILES string of the molecule is O=[N+]([O-])c1ccc(S(=O)(=O)N2CCC(Oc3nncc4ccccc34)CC2)cc1. The van der Waals surface area contributed by atoms with E-state index in [0.29, 0.717) is 31.8 Å². The molecule has 2 heterocycles. The van der Waals surface area contributed by atoms with E-state index in [4.69, 9.17) is 4.74 Å². The highest BCUT2D eigenvalue weighted by atomic mass is 32.2. The minimum absolute atomic E-state index is 0.0439. The third-order valence-electron chi connectivity index (χ3n) is 4.90. The van der Waals surface area contributed by atoms with E-state index >= 15 is 0 Å². The smallest absolute Gasteiger partial charge is 0.269 e. The molecule has 29 heavy (non-hydrogen) atoms. The van der Waals surface area contributed by atoms with Crippen molar-refractivity contribution in [2.75, 3.05) is 13.1 Å². The van der Waals surface area contributed by atoms with Crippen molar-refractivity contribution in [2.45, 2.75) is 23.8 Å². The number of rotatable bonds is 5. The normalized spacial score (nSPS) is 16.0. The van der Waals surface area contributed by atoms with Crippen molar-refractivity contribution in [1.29, 1.82) is 0 Å². The molecule has 3 aromatic rings. The number of fused-ring (bicyclic) bond motifs is 1. The fourth-order valence-corrected chi connectivity index (χ4v) is 4.80. The molecule has 1 fully saturated rings. The number of nitrogens with zero attached hydrogens (tertiary/aromatic N) is 4. The summed E-state index contributed by atoms with van der Waals surface area (Å²) < 4.78 is 33.0. The lowest BCUT2D eigenvalue weighted by Crippen LogP contribution is -2.41. The molecule has 9 nitrogen and oxygen atoms in total. The first kappa shape index (κ1) is 19.2. The summed E-state index contributed by atoms with van der Waals surface area (Å²) in [6.45, 7) is 0.588. The van der Waals surface area contributed by atoms with Gasteiger partial charge in [0.05, 0.1) is 16.0 Å². The molecule has 0 radical (unpaired) electrons. The van der Waals surface area contributed by atoms with Gasteiger partial charge in [-0.25, -0.2) is 8.42 Å². The second kappa shape index (κ2) is 7.72. The Labute approximate surface area is 167 Å². The van der Waals surface area contributed by atoms with Crippen molar-refractivity contribution >= 4 is 26.5 Å². The minimum Gasteiger partial charge on any atom is -0.473 e. The Hall–Kier alpha value is -3.11. The van der Waals surface area contributed by atoms with Gasteiger partial charge in [0.25, 0.3) is 5.69 Å². The summed E-state index contributed by atoms with van der Waals surface area (Å²) in [5, 5.41) is 20.6. The van der Waals surface area contributed by atoms with Crippen LogP contribution in [0, 0.1) is 10.1 Å². The highest BCUT2D eigenvalue weighted by Gasteiger charge is 2.30. The Morgan fingerprint density at radius 3 is 2.45 bits per heavy atom. The molecule has 150 valence electrons. The van der Waals surface area contributed by atoms with Gasteiger partial charge in [-0.1, -0.05) is 18.2 Å². The number of aromatic nitrogens is 2. The topological polar surface area (TPSA) is 116 Å². The van der Waals surface area contributed by atoms with E-state index in [1.54, 1.807) is 6.20 Å². The van der Waals surface area contributed by atoms with E-state index in [1.165, 1.54) is 28.6 Å². The average molecular weight is 414 g/mol. The number of nitro groups is 1. The zero-order valence-electron chi connectivity index (χ0n) is 15.3. The zero-order valence-corrected chi connectivity index (χ0v) is 16.2. The molecular weight excluding hydrogens is 396 g/mol. The van der Waals surface area contributed by atoms with E-state index < -0.39 is 14.9 Å². The van der Waals surface area contributed by atoms with Crippen LogP contribution in [-0.4, -0.2) is 47.0 Å². The number of hydrogen-bond acceptors (Lipinski definition) is 7. The summed E-state index contributed by atoms with van der Waals surface area (Å²) in [6, 6.07) is 12.6. The van der Waals surface area contributed by atoms with Gasteiger partial charge in [-0.2, -0.15) is 9.40 Å². The summed E-state index contributed by atoms with van der Waals surface area (Å²) in [4.78, 5) is 10.2. The predicted molar refractivity (Wildman–Crippen MR) is 105 cm³/mol. The largest absolute Gasteiger partial charge is 0.473 e. The molecule has 1 saturated heterocycles. The van der Waals surface area contributed by atoms with Crippen LogP contribution in [0.2, 0.25) is 0 Å². The summed E-state index contributed by atoms with van der Waals surface area (Å²) in [7, 11) is -3.71. The quantitative estimate of drug-likeness (QED) is 0.465. The minimum atomic E-state index is -3.71. The van der Waals surface area contributed by atoms with Crippen molar-refractivity contribution in [3.63, 3.8) is 0 Å². The molecule has 4 rings (SSSR count). The molecule has 0 aliphatic carbocycles.